The molecule has 3 aromatic heterocycles. The molecule has 0 radical (unpaired) electrons. The van der Waals surface area contributed by atoms with Crippen molar-refractivity contribution in [1.82, 2.24) is 20.2 Å². The summed E-state index contributed by atoms with van der Waals surface area (Å²) >= 11 is 0. The largest absolute Gasteiger partial charge is 0.378 e. The van der Waals surface area contributed by atoms with Crippen LogP contribution in [0.1, 0.15) is 12.1 Å². The van der Waals surface area contributed by atoms with Crippen LogP contribution in [0, 0.1) is 0 Å². The maximum atomic E-state index is 13.3. The van der Waals surface area contributed by atoms with Gasteiger partial charge in [0.1, 0.15) is 12.0 Å². The molecule has 25 heavy (non-hydrogen) atoms. The fraction of sp³-hybridized carbons (Fsp3) is 0.278. The smallest absolute Gasteiger partial charge is 0.128 e. The number of aromatic nitrogens is 4. The summed E-state index contributed by atoms with van der Waals surface area (Å²) in [7, 11) is 0. The topological polar surface area (TPSA) is 69.7 Å². The molecule has 7 heteroatoms. The zero-order chi connectivity index (χ0) is 17.1. The molecule has 0 aliphatic carbocycles. The molecule has 128 valence electrons. The molecule has 1 saturated heterocycles. The minimum absolute atomic E-state index is 0.431. The van der Waals surface area contributed by atoms with E-state index in [0.717, 1.165) is 35.0 Å². The molecule has 0 bridgehead atoms. The van der Waals surface area contributed by atoms with E-state index in [1.807, 2.05) is 35.2 Å². The molecule has 0 amide bonds. The van der Waals surface area contributed by atoms with Gasteiger partial charge in [0.15, 0.2) is 0 Å². The van der Waals surface area contributed by atoms with Crippen LogP contribution in [0.25, 0.3) is 11.3 Å². The van der Waals surface area contributed by atoms with Gasteiger partial charge in [-0.1, -0.05) is 0 Å². The molecule has 2 N–H and O–H groups in total. The van der Waals surface area contributed by atoms with Crippen LogP contribution in [0.3, 0.4) is 0 Å². The molecule has 0 saturated carbocycles. The third-order valence-electron chi connectivity index (χ3n) is 4.28. The van der Waals surface area contributed by atoms with Gasteiger partial charge < -0.3 is 10.2 Å². The highest BCUT2D eigenvalue weighted by atomic mass is 19.1. The maximum absolute atomic E-state index is 13.3. The molecule has 1 fully saturated rings. The molecule has 1 aliphatic heterocycles. The lowest BCUT2D eigenvalue weighted by Gasteiger charge is -2.16. The molecule has 4 rings (SSSR count). The van der Waals surface area contributed by atoms with Gasteiger partial charge >= 0.3 is 0 Å². The average Bonchev–Trinajstić information content (AvgIpc) is 3.30. The van der Waals surface area contributed by atoms with Gasteiger partial charge in [0.25, 0.3) is 0 Å². The van der Waals surface area contributed by atoms with Crippen LogP contribution in [-0.2, 0) is 6.54 Å². The van der Waals surface area contributed by atoms with Crippen molar-refractivity contribution >= 4 is 11.5 Å². The molecule has 3 aromatic rings. The quantitative estimate of drug-likeness (QED) is 0.748. The molecule has 6 nitrogen and oxygen atoms in total. The minimum Gasteiger partial charge on any atom is -0.378 e. The fourth-order valence-electron chi connectivity index (χ4n) is 2.92. The van der Waals surface area contributed by atoms with Crippen molar-refractivity contribution in [3.05, 3.63) is 54.6 Å². The number of halogens is 1. The summed E-state index contributed by atoms with van der Waals surface area (Å²) < 4.78 is 13.3. The number of alkyl halides is 1. The second-order valence-electron chi connectivity index (χ2n) is 6.11. The Morgan fingerprint density at radius 2 is 2.24 bits per heavy atom. The third kappa shape index (κ3) is 3.60. The van der Waals surface area contributed by atoms with Crippen LogP contribution in [0.4, 0.5) is 15.9 Å². The second-order valence-corrected chi connectivity index (χ2v) is 6.11. The van der Waals surface area contributed by atoms with Gasteiger partial charge in [0, 0.05) is 30.7 Å². The Hall–Kier alpha value is -2.96. The Labute approximate surface area is 145 Å². The first-order valence-electron chi connectivity index (χ1n) is 8.31. The summed E-state index contributed by atoms with van der Waals surface area (Å²) in [5.41, 5.74) is 3.73. The second kappa shape index (κ2) is 6.88. The number of aromatic amines is 1. The summed E-state index contributed by atoms with van der Waals surface area (Å²) in [5, 5.41) is 10.6. The molecule has 4 heterocycles. The maximum Gasteiger partial charge on any atom is 0.128 e. The third-order valence-corrected chi connectivity index (χ3v) is 4.28. The van der Waals surface area contributed by atoms with Crippen LogP contribution >= 0.6 is 0 Å². The molecular weight excluding hydrogens is 319 g/mol. The number of nitrogens with zero attached hydrogens (tertiary/aromatic N) is 4. The molecule has 1 aliphatic rings. The summed E-state index contributed by atoms with van der Waals surface area (Å²) in [6, 6.07) is 9.76. The number of nitrogens with one attached hydrogen (secondary N) is 2. The monoisotopic (exact) mass is 338 g/mol. The number of hydrogen-bond acceptors (Lipinski definition) is 5. The van der Waals surface area contributed by atoms with Crippen molar-refractivity contribution in [3.8, 4) is 11.3 Å². The Bertz CT molecular complexity index is 817. The molecule has 0 spiro atoms. The summed E-state index contributed by atoms with van der Waals surface area (Å²) in [6.07, 6.45) is 5.15. The highest BCUT2D eigenvalue weighted by Crippen LogP contribution is 2.23. The summed E-state index contributed by atoms with van der Waals surface area (Å²) in [6.45, 7) is 1.77. The van der Waals surface area contributed by atoms with Crippen LogP contribution in [0.5, 0.6) is 0 Å². The summed E-state index contributed by atoms with van der Waals surface area (Å²) in [4.78, 5) is 10.5. The first-order valence-corrected chi connectivity index (χ1v) is 8.31. The van der Waals surface area contributed by atoms with E-state index in [9.17, 15) is 4.39 Å². The Balaban J connectivity index is 1.41. The Kier molecular flexibility index (Phi) is 4.28. The normalized spacial score (nSPS) is 17.0. The highest BCUT2D eigenvalue weighted by molar-refractivity contribution is 5.60. The minimum atomic E-state index is -0.746. The SMILES string of the molecule is FC1CCN(c2ccc(-c3cc(CNc4cccnc4)n[nH]3)cn2)C1. The van der Waals surface area contributed by atoms with Crippen molar-refractivity contribution in [1.29, 1.82) is 0 Å². The van der Waals surface area contributed by atoms with E-state index in [-0.39, 0.29) is 0 Å². The van der Waals surface area contributed by atoms with Crippen molar-refractivity contribution in [2.75, 3.05) is 23.3 Å². The van der Waals surface area contributed by atoms with Crippen molar-refractivity contribution in [2.24, 2.45) is 0 Å². The first kappa shape index (κ1) is 15.6. The van der Waals surface area contributed by atoms with Crippen LogP contribution in [0.15, 0.2) is 48.9 Å². The zero-order valence-electron chi connectivity index (χ0n) is 13.7. The van der Waals surface area contributed by atoms with Crippen molar-refractivity contribution in [3.63, 3.8) is 0 Å². The van der Waals surface area contributed by atoms with E-state index in [4.69, 9.17) is 0 Å². The Morgan fingerprint density at radius 1 is 1.28 bits per heavy atom. The van der Waals surface area contributed by atoms with E-state index >= 15 is 0 Å². The Morgan fingerprint density at radius 3 is 2.96 bits per heavy atom. The van der Waals surface area contributed by atoms with Gasteiger partial charge in [0.2, 0.25) is 0 Å². The van der Waals surface area contributed by atoms with E-state index in [1.165, 1.54) is 0 Å². The molecule has 1 atom stereocenters. The van der Waals surface area contributed by atoms with E-state index < -0.39 is 6.17 Å². The lowest BCUT2D eigenvalue weighted by molar-refractivity contribution is 0.364. The van der Waals surface area contributed by atoms with Gasteiger partial charge in [0.05, 0.1) is 30.2 Å². The lowest BCUT2D eigenvalue weighted by Crippen LogP contribution is -2.20. The van der Waals surface area contributed by atoms with Crippen LogP contribution in [-0.4, -0.2) is 39.4 Å². The predicted molar refractivity (Wildman–Crippen MR) is 95.1 cm³/mol. The van der Waals surface area contributed by atoms with Crippen LogP contribution in [0.2, 0.25) is 0 Å². The number of anilines is 2. The van der Waals surface area contributed by atoms with Gasteiger partial charge in [-0.25, -0.2) is 9.37 Å². The molecule has 0 aromatic carbocycles. The number of H-pyrrole nitrogens is 1. The fourth-order valence-corrected chi connectivity index (χ4v) is 2.92. The van der Waals surface area contributed by atoms with Crippen molar-refractivity contribution < 1.29 is 4.39 Å². The summed E-state index contributed by atoms with van der Waals surface area (Å²) in [5.74, 6) is 0.821. The van der Waals surface area contributed by atoms with Gasteiger partial charge in [-0.3, -0.25) is 10.1 Å². The molecule has 1 unspecified atom stereocenters. The van der Waals surface area contributed by atoms with E-state index in [1.54, 1.807) is 18.6 Å². The van der Waals surface area contributed by atoms with E-state index in [2.05, 4.69) is 25.5 Å². The standard InChI is InChI=1S/C18H19FN6/c19-14-5-7-25(12-14)18-4-3-13(9-22-18)17-8-16(23-24-17)11-21-15-2-1-6-20-10-15/h1-4,6,8-10,14,21H,5,7,11-12H2,(H,23,24). The lowest BCUT2D eigenvalue weighted by atomic mass is 10.2. The van der Waals surface area contributed by atoms with Gasteiger partial charge in [-0.15, -0.1) is 0 Å². The predicted octanol–water partition coefficient (Wildman–Crippen LogP) is 3.03. The van der Waals surface area contributed by atoms with Gasteiger partial charge in [-0.05, 0) is 36.8 Å². The zero-order valence-corrected chi connectivity index (χ0v) is 13.7. The highest BCUT2D eigenvalue weighted by Gasteiger charge is 2.22. The number of pyridine rings is 2. The average molecular weight is 338 g/mol. The van der Waals surface area contributed by atoms with E-state index in [0.29, 0.717) is 19.5 Å². The van der Waals surface area contributed by atoms with Crippen LogP contribution < -0.4 is 10.2 Å². The van der Waals surface area contributed by atoms with Gasteiger partial charge in [-0.2, -0.15) is 5.10 Å². The van der Waals surface area contributed by atoms with Crippen molar-refractivity contribution in [2.45, 2.75) is 19.1 Å². The number of rotatable bonds is 5. The first-order chi connectivity index (χ1) is 12.3. The number of hydrogen-bond donors (Lipinski definition) is 2. The molecular formula is C18H19FN6.